The molecule has 4 heteroatoms. The van der Waals surface area contributed by atoms with E-state index in [0.717, 1.165) is 16.9 Å². The maximum absolute atomic E-state index is 10.5. The molecule has 1 aromatic rings. The number of benzene rings is 1. The van der Waals surface area contributed by atoms with Crippen molar-refractivity contribution in [2.45, 2.75) is 4.90 Å². The number of ether oxygens (including phenoxy) is 1. The number of carbonyl (C=O) groups is 1. The van der Waals surface area contributed by atoms with Crippen molar-refractivity contribution in [3.63, 3.8) is 0 Å². The van der Waals surface area contributed by atoms with E-state index in [9.17, 15) is 4.79 Å². The molecule has 0 amide bonds. The number of hydrogen-bond acceptors (Lipinski definition) is 4. The summed E-state index contributed by atoms with van der Waals surface area (Å²) in [5, 5.41) is 8.88. The first kappa shape index (κ1) is 11.8. The first-order chi connectivity index (χ1) is 7.31. The summed E-state index contributed by atoms with van der Waals surface area (Å²) in [7, 11) is 1.64. The van der Waals surface area contributed by atoms with Gasteiger partial charge in [-0.15, -0.1) is 11.8 Å². The van der Waals surface area contributed by atoms with Crippen molar-refractivity contribution in [1.29, 1.82) is 5.26 Å². The normalized spacial score (nSPS) is 9.60. The summed E-state index contributed by atoms with van der Waals surface area (Å²) >= 11 is 1.55. The Morgan fingerprint density at radius 3 is 3.00 bits per heavy atom. The van der Waals surface area contributed by atoms with Gasteiger partial charge in [0.15, 0.2) is 0 Å². The Bertz CT molecular complexity index is 385. The third-order valence-corrected chi connectivity index (χ3v) is 2.84. The number of thioether (sulfide) groups is 1. The predicted octanol–water partition coefficient (Wildman–Crippen LogP) is 2.11. The lowest BCUT2D eigenvalue weighted by atomic mass is 10.1. The Kier molecular flexibility index (Phi) is 4.88. The molecule has 0 spiro atoms. The van der Waals surface area contributed by atoms with Crippen molar-refractivity contribution in [3.8, 4) is 6.07 Å². The zero-order valence-corrected chi connectivity index (χ0v) is 9.21. The van der Waals surface area contributed by atoms with Gasteiger partial charge in [-0.3, -0.25) is 4.79 Å². The molecule has 1 aromatic carbocycles. The minimum absolute atomic E-state index is 0.530. The lowest BCUT2D eigenvalue weighted by molar-refractivity contribution is 0.112. The van der Waals surface area contributed by atoms with Crippen LogP contribution in [0.3, 0.4) is 0 Å². The second-order valence-electron chi connectivity index (χ2n) is 2.83. The van der Waals surface area contributed by atoms with Crippen LogP contribution in [0, 0.1) is 11.3 Å². The summed E-state index contributed by atoms with van der Waals surface area (Å²) in [6, 6.07) is 7.18. The Balaban J connectivity index is 2.79. The van der Waals surface area contributed by atoms with Crippen LogP contribution in [0.1, 0.15) is 15.9 Å². The first-order valence-electron chi connectivity index (χ1n) is 4.43. The summed E-state index contributed by atoms with van der Waals surface area (Å²) in [4.78, 5) is 11.4. The van der Waals surface area contributed by atoms with Crippen molar-refractivity contribution in [2.75, 3.05) is 19.5 Å². The Morgan fingerprint density at radius 1 is 1.60 bits per heavy atom. The number of nitrogens with zero attached hydrogens (tertiary/aromatic N) is 1. The number of carbonyl (C=O) groups excluding carboxylic acids is 1. The van der Waals surface area contributed by atoms with Crippen molar-refractivity contribution in [2.24, 2.45) is 0 Å². The first-order valence-corrected chi connectivity index (χ1v) is 5.41. The van der Waals surface area contributed by atoms with Crippen molar-refractivity contribution in [3.05, 3.63) is 29.3 Å². The van der Waals surface area contributed by atoms with Gasteiger partial charge in [0.05, 0.1) is 12.2 Å². The van der Waals surface area contributed by atoms with E-state index in [1.165, 1.54) is 0 Å². The van der Waals surface area contributed by atoms with Gasteiger partial charge in [-0.2, -0.15) is 5.26 Å². The lowest BCUT2D eigenvalue weighted by Crippen LogP contribution is -1.93. The van der Waals surface area contributed by atoms with E-state index >= 15 is 0 Å². The summed E-state index contributed by atoms with van der Waals surface area (Å²) < 4.78 is 4.92. The maximum atomic E-state index is 10.5. The Hall–Kier alpha value is -1.31. The molecular formula is C11H11NO2S. The zero-order chi connectivity index (χ0) is 11.1. The average molecular weight is 221 g/mol. The van der Waals surface area contributed by atoms with Crippen molar-refractivity contribution < 1.29 is 9.53 Å². The fourth-order valence-corrected chi connectivity index (χ4v) is 1.96. The molecule has 0 aliphatic heterocycles. The monoisotopic (exact) mass is 221 g/mol. The zero-order valence-electron chi connectivity index (χ0n) is 8.40. The molecule has 1 rings (SSSR count). The van der Waals surface area contributed by atoms with Crippen LogP contribution in [0.5, 0.6) is 0 Å². The van der Waals surface area contributed by atoms with Gasteiger partial charge in [0.2, 0.25) is 0 Å². The molecule has 0 fully saturated rings. The highest BCUT2D eigenvalue weighted by Gasteiger charge is 2.03. The van der Waals surface area contributed by atoms with E-state index in [0.29, 0.717) is 17.7 Å². The van der Waals surface area contributed by atoms with Gasteiger partial charge in [0, 0.05) is 23.3 Å². The van der Waals surface area contributed by atoms with E-state index < -0.39 is 0 Å². The van der Waals surface area contributed by atoms with Gasteiger partial charge < -0.3 is 4.74 Å². The molecular weight excluding hydrogens is 210 g/mol. The smallest absolute Gasteiger partial charge is 0.150 e. The number of aldehydes is 1. The van der Waals surface area contributed by atoms with Crippen LogP contribution in [-0.4, -0.2) is 25.8 Å². The maximum Gasteiger partial charge on any atom is 0.150 e. The number of rotatable bonds is 5. The van der Waals surface area contributed by atoms with Crippen LogP contribution in [0.25, 0.3) is 0 Å². The molecule has 0 radical (unpaired) electrons. The van der Waals surface area contributed by atoms with Gasteiger partial charge in [-0.1, -0.05) is 6.07 Å². The summed E-state index contributed by atoms with van der Waals surface area (Å²) in [6.07, 6.45) is 0.741. The molecule has 3 nitrogen and oxygen atoms in total. The van der Waals surface area contributed by atoms with Crippen molar-refractivity contribution in [1.82, 2.24) is 0 Å². The molecule has 78 valence electrons. The van der Waals surface area contributed by atoms with Gasteiger partial charge >= 0.3 is 0 Å². The van der Waals surface area contributed by atoms with Crippen LogP contribution in [0.2, 0.25) is 0 Å². The van der Waals surface area contributed by atoms with Crippen molar-refractivity contribution >= 4 is 18.0 Å². The minimum atomic E-state index is 0.530. The fraction of sp³-hybridized carbons (Fsp3) is 0.273. The van der Waals surface area contributed by atoms with E-state index in [1.807, 2.05) is 0 Å². The topological polar surface area (TPSA) is 50.1 Å². The third kappa shape index (κ3) is 3.39. The second-order valence-corrected chi connectivity index (χ2v) is 3.96. The molecule has 0 aliphatic rings. The van der Waals surface area contributed by atoms with Gasteiger partial charge in [0.25, 0.3) is 0 Å². The van der Waals surface area contributed by atoms with E-state index in [2.05, 4.69) is 6.07 Å². The standard InChI is InChI=1S/C11H11NO2S/c1-14-4-5-15-11-3-2-9(8-13)6-10(11)7-12/h2-3,6,8H,4-5H2,1H3. The summed E-state index contributed by atoms with van der Waals surface area (Å²) in [5.74, 6) is 0.797. The van der Waals surface area contributed by atoms with Crippen LogP contribution >= 0.6 is 11.8 Å². The molecule has 0 aromatic heterocycles. The van der Waals surface area contributed by atoms with Gasteiger partial charge in [-0.05, 0) is 12.1 Å². The third-order valence-electron chi connectivity index (χ3n) is 1.81. The summed E-state index contributed by atoms with van der Waals surface area (Å²) in [5.41, 5.74) is 1.07. The minimum Gasteiger partial charge on any atom is -0.384 e. The molecule has 0 bridgehead atoms. The van der Waals surface area contributed by atoms with Crippen LogP contribution in [0.4, 0.5) is 0 Å². The molecule has 0 aliphatic carbocycles. The fourth-order valence-electron chi connectivity index (χ4n) is 1.07. The largest absolute Gasteiger partial charge is 0.384 e. The molecule has 0 N–H and O–H groups in total. The average Bonchev–Trinajstić information content (AvgIpc) is 2.29. The van der Waals surface area contributed by atoms with E-state index in [1.54, 1.807) is 37.1 Å². The Labute approximate surface area is 93.0 Å². The molecule has 15 heavy (non-hydrogen) atoms. The SMILES string of the molecule is COCCSc1ccc(C=O)cc1C#N. The Morgan fingerprint density at radius 2 is 2.40 bits per heavy atom. The molecule has 0 saturated carbocycles. The second kappa shape index (κ2) is 6.23. The number of hydrogen-bond donors (Lipinski definition) is 0. The van der Waals surface area contributed by atoms with Gasteiger partial charge in [-0.25, -0.2) is 0 Å². The van der Waals surface area contributed by atoms with Crippen LogP contribution in [-0.2, 0) is 4.74 Å². The molecule has 0 heterocycles. The molecule has 0 atom stereocenters. The highest BCUT2D eigenvalue weighted by Crippen LogP contribution is 2.22. The quantitative estimate of drug-likeness (QED) is 0.434. The summed E-state index contributed by atoms with van der Waals surface area (Å²) in [6.45, 7) is 0.644. The predicted molar refractivity (Wildman–Crippen MR) is 59.1 cm³/mol. The molecule has 0 saturated heterocycles. The molecule has 0 unspecified atom stereocenters. The number of nitriles is 1. The van der Waals surface area contributed by atoms with Gasteiger partial charge in [0.1, 0.15) is 12.4 Å². The van der Waals surface area contributed by atoms with E-state index in [-0.39, 0.29) is 0 Å². The van der Waals surface area contributed by atoms with E-state index in [4.69, 9.17) is 10.00 Å². The van der Waals surface area contributed by atoms with Crippen LogP contribution < -0.4 is 0 Å². The lowest BCUT2D eigenvalue weighted by Gasteiger charge is -2.03. The highest BCUT2D eigenvalue weighted by molar-refractivity contribution is 7.99. The van der Waals surface area contributed by atoms with Crippen LogP contribution in [0.15, 0.2) is 23.1 Å². The highest BCUT2D eigenvalue weighted by atomic mass is 32.2. The number of methoxy groups -OCH3 is 1.